The third kappa shape index (κ3) is 3.60. The minimum absolute atomic E-state index is 0.0798. The second kappa shape index (κ2) is 6.60. The molecule has 0 spiro atoms. The lowest BCUT2D eigenvalue weighted by atomic mass is 10.1. The number of fused-ring (bicyclic) bond motifs is 1. The first-order chi connectivity index (χ1) is 12.9. The predicted molar refractivity (Wildman–Crippen MR) is 97.3 cm³/mol. The molecule has 3 aromatic rings. The van der Waals surface area contributed by atoms with Crippen LogP contribution >= 0.6 is 0 Å². The van der Waals surface area contributed by atoms with Gasteiger partial charge in [-0.1, -0.05) is 28.9 Å². The number of nitrogens with one attached hydrogen (secondary N) is 2. The van der Waals surface area contributed by atoms with Gasteiger partial charge in [0.25, 0.3) is 0 Å². The zero-order valence-electron chi connectivity index (χ0n) is 14.4. The van der Waals surface area contributed by atoms with Crippen molar-refractivity contribution in [2.75, 3.05) is 5.32 Å². The number of nitrogens with zero attached hydrogens (tertiary/aromatic N) is 2. The van der Waals surface area contributed by atoms with E-state index in [4.69, 9.17) is 4.52 Å². The van der Waals surface area contributed by atoms with E-state index in [1.165, 1.54) is 12.1 Å². The van der Waals surface area contributed by atoms with Crippen molar-refractivity contribution in [1.82, 2.24) is 14.9 Å². The smallest absolute Gasteiger partial charge is 0.242 e. The van der Waals surface area contributed by atoms with E-state index in [0.29, 0.717) is 17.1 Å². The summed E-state index contributed by atoms with van der Waals surface area (Å²) in [6.45, 7) is 1.83. The van der Waals surface area contributed by atoms with E-state index in [1.54, 1.807) is 6.07 Å². The number of sulfonamides is 1. The van der Waals surface area contributed by atoms with Crippen molar-refractivity contribution in [3.63, 3.8) is 0 Å². The Labute approximate surface area is 155 Å². The van der Waals surface area contributed by atoms with Crippen LogP contribution in [0.3, 0.4) is 0 Å². The van der Waals surface area contributed by atoms with Gasteiger partial charge in [0.2, 0.25) is 27.6 Å². The van der Waals surface area contributed by atoms with E-state index >= 15 is 0 Å². The van der Waals surface area contributed by atoms with Crippen molar-refractivity contribution in [2.45, 2.75) is 24.8 Å². The summed E-state index contributed by atoms with van der Waals surface area (Å²) in [5.74, 6) is 0.408. The van der Waals surface area contributed by atoms with Crippen molar-refractivity contribution in [2.24, 2.45) is 0 Å². The van der Waals surface area contributed by atoms with Gasteiger partial charge < -0.3 is 9.84 Å². The number of benzene rings is 2. The van der Waals surface area contributed by atoms with Gasteiger partial charge in [-0.15, -0.1) is 0 Å². The van der Waals surface area contributed by atoms with Crippen LogP contribution in [0.4, 0.5) is 5.69 Å². The first kappa shape index (κ1) is 17.4. The number of hydrogen-bond donors (Lipinski definition) is 2. The second-order valence-corrected chi connectivity index (χ2v) is 8.02. The molecule has 1 aliphatic heterocycles. The predicted octanol–water partition coefficient (Wildman–Crippen LogP) is 2.02. The molecule has 138 valence electrons. The molecule has 0 aliphatic carbocycles. The highest BCUT2D eigenvalue weighted by Crippen LogP contribution is 2.25. The highest BCUT2D eigenvalue weighted by atomic mass is 32.2. The van der Waals surface area contributed by atoms with Gasteiger partial charge in [-0.25, -0.2) is 13.1 Å². The SMILES string of the molecule is Cc1cccc(-c2noc(CNS(=O)(=O)c3ccc4c(c3)CC(=O)N4)n2)c1. The van der Waals surface area contributed by atoms with Crippen molar-refractivity contribution in [1.29, 1.82) is 0 Å². The molecule has 4 rings (SSSR count). The van der Waals surface area contributed by atoms with Crippen LogP contribution in [0.15, 0.2) is 51.9 Å². The lowest BCUT2D eigenvalue weighted by Gasteiger charge is -2.06. The zero-order chi connectivity index (χ0) is 19.0. The largest absolute Gasteiger partial charge is 0.338 e. The van der Waals surface area contributed by atoms with E-state index in [1.807, 2.05) is 31.2 Å². The maximum absolute atomic E-state index is 12.5. The van der Waals surface area contributed by atoms with E-state index in [-0.39, 0.29) is 29.7 Å². The molecule has 0 bridgehead atoms. The summed E-state index contributed by atoms with van der Waals surface area (Å²) in [6, 6.07) is 12.1. The number of carbonyl (C=O) groups is 1. The molecule has 0 saturated heterocycles. The van der Waals surface area contributed by atoms with Crippen LogP contribution in [0.5, 0.6) is 0 Å². The summed E-state index contributed by atoms with van der Waals surface area (Å²) in [5, 5.41) is 6.56. The number of amides is 1. The lowest BCUT2D eigenvalue weighted by molar-refractivity contribution is -0.115. The maximum atomic E-state index is 12.5. The molecule has 0 atom stereocenters. The fourth-order valence-corrected chi connectivity index (χ4v) is 3.87. The van der Waals surface area contributed by atoms with Gasteiger partial charge in [-0.05, 0) is 36.8 Å². The molecule has 8 nitrogen and oxygen atoms in total. The topological polar surface area (TPSA) is 114 Å². The number of carbonyl (C=O) groups excluding carboxylic acids is 1. The molecule has 1 aromatic heterocycles. The molecule has 1 aliphatic rings. The van der Waals surface area contributed by atoms with Gasteiger partial charge in [-0.2, -0.15) is 4.98 Å². The van der Waals surface area contributed by atoms with Crippen molar-refractivity contribution >= 4 is 21.6 Å². The van der Waals surface area contributed by atoms with Gasteiger partial charge in [0.1, 0.15) is 0 Å². The molecule has 9 heteroatoms. The first-order valence-electron chi connectivity index (χ1n) is 8.23. The summed E-state index contributed by atoms with van der Waals surface area (Å²) in [5.41, 5.74) is 3.15. The van der Waals surface area contributed by atoms with Crippen LogP contribution in [0.2, 0.25) is 0 Å². The molecule has 27 heavy (non-hydrogen) atoms. The number of aromatic nitrogens is 2. The Hall–Kier alpha value is -3.04. The molecule has 0 unspecified atom stereocenters. The van der Waals surface area contributed by atoms with Gasteiger partial charge in [0.05, 0.1) is 17.9 Å². The number of aryl methyl sites for hydroxylation is 1. The fraction of sp³-hybridized carbons (Fsp3) is 0.167. The zero-order valence-corrected chi connectivity index (χ0v) is 15.2. The molecule has 1 amide bonds. The maximum Gasteiger partial charge on any atom is 0.242 e. The van der Waals surface area contributed by atoms with E-state index in [2.05, 4.69) is 20.2 Å². The molecular weight excluding hydrogens is 368 g/mol. The Morgan fingerprint density at radius 1 is 1.22 bits per heavy atom. The highest BCUT2D eigenvalue weighted by molar-refractivity contribution is 7.89. The summed E-state index contributed by atoms with van der Waals surface area (Å²) < 4.78 is 32.6. The average molecular weight is 384 g/mol. The number of anilines is 1. The molecule has 2 N–H and O–H groups in total. The Bertz CT molecular complexity index is 1140. The van der Waals surface area contributed by atoms with Crippen LogP contribution < -0.4 is 10.0 Å². The van der Waals surface area contributed by atoms with Crippen LogP contribution in [0, 0.1) is 6.92 Å². The summed E-state index contributed by atoms with van der Waals surface area (Å²) in [7, 11) is -3.78. The van der Waals surface area contributed by atoms with Gasteiger partial charge in [0.15, 0.2) is 0 Å². The lowest BCUT2D eigenvalue weighted by Crippen LogP contribution is -2.23. The van der Waals surface area contributed by atoms with Crippen molar-refractivity contribution < 1.29 is 17.7 Å². The van der Waals surface area contributed by atoms with E-state index in [0.717, 1.165) is 11.1 Å². The Morgan fingerprint density at radius 3 is 2.89 bits per heavy atom. The average Bonchev–Trinajstić information content (AvgIpc) is 3.25. The molecule has 0 radical (unpaired) electrons. The van der Waals surface area contributed by atoms with Gasteiger partial charge in [-0.3, -0.25) is 4.79 Å². The quantitative estimate of drug-likeness (QED) is 0.696. The van der Waals surface area contributed by atoms with Crippen molar-refractivity contribution in [3.8, 4) is 11.4 Å². The molecular formula is C18H16N4O4S. The van der Waals surface area contributed by atoms with Crippen LogP contribution in [0.25, 0.3) is 11.4 Å². The second-order valence-electron chi connectivity index (χ2n) is 6.25. The minimum Gasteiger partial charge on any atom is -0.338 e. The minimum atomic E-state index is -3.78. The monoisotopic (exact) mass is 384 g/mol. The molecule has 2 heterocycles. The third-order valence-corrected chi connectivity index (χ3v) is 5.57. The first-order valence-corrected chi connectivity index (χ1v) is 9.71. The fourth-order valence-electron chi connectivity index (χ4n) is 2.84. The van der Waals surface area contributed by atoms with E-state index < -0.39 is 10.0 Å². The third-order valence-electron chi connectivity index (χ3n) is 4.17. The Morgan fingerprint density at radius 2 is 2.07 bits per heavy atom. The van der Waals surface area contributed by atoms with Gasteiger partial charge in [0, 0.05) is 11.3 Å². The number of hydrogen-bond acceptors (Lipinski definition) is 6. The van der Waals surface area contributed by atoms with E-state index in [9.17, 15) is 13.2 Å². The van der Waals surface area contributed by atoms with Gasteiger partial charge >= 0.3 is 0 Å². The Balaban J connectivity index is 1.49. The normalized spacial score (nSPS) is 13.4. The molecule has 2 aromatic carbocycles. The van der Waals surface area contributed by atoms with Crippen LogP contribution in [0.1, 0.15) is 17.0 Å². The standard InChI is InChI=1S/C18H16N4O4S/c1-11-3-2-4-12(7-11)18-21-17(26-22-18)10-19-27(24,25)14-5-6-15-13(8-14)9-16(23)20-15/h2-8,19H,9-10H2,1H3,(H,20,23). The summed E-state index contributed by atoms with van der Waals surface area (Å²) in [6.07, 6.45) is 0.169. The molecule has 0 saturated carbocycles. The van der Waals surface area contributed by atoms with Crippen LogP contribution in [-0.4, -0.2) is 24.5 Å². The molecule has 0 fully saturated rings. The van der Waals surface area contributed by atoms with Crippen molar-refractivity contribution in [3.05, 3.63) is 59.5 Å². The highest BCUT2D eigenvalue weighted by Gasteiger charge is 2.22. The summed E-state index contributed by atoms with van der Waals surface area (Å²) in [4.78, 5) is 15.7. The van der Waals surface area contributed by atoms with Crippen LogP contribution in [-0.2, 0) is 27.8 Å². The summed E-state index contributed by atoms with van der Waals surface area (Å²) >= 11 is 0. The number of rotatable bonds is 5. The Kier molecular flexibility index (Phi) is 4.25.